The number of piperidine rings is 1. The van der Waals surface area contributed by atoms with Crippen LogP contribution in [0, 0.1) is 0 Å². The van der Waals surface area contributed by atoms with E-state index in [1.165, 1.54) is 16.7 Å². The maximum Gasteiger partial charge on any atom is 0.181 e. The minimum absolute atomic E-state index is 0.0238. The molecule has 0 spiro atoms. The standard InChI is InChI=1S/C27H24N8.C18H21N7O/c28-25-24(27-33-26(34-35-27)19-10-12-29-13-11-19)32-23(16-31-25)20-6-3-4-17(14-20)15-30-22-9-8-18-5-1-2-7-21(18)22;19-16-15(18-23-17(24-25-18)13-5-2-6-20-8-13)22-14(9-21-16)12-4-1-3-11(7-12)10-26/h1-7,10-14,16,22,30H,8-9,15H2,(H2,28,31)(H,33,34,35);1,3-4,7,9,13,20,26H,2,5-6,8,10H2,(H2,19,21)(H,23,24,25)/t22-;13-/m01/s1. The van der Waals surface area contributed by atoms with Crippen molar-refractivity contribution < 1.29 is 5.11 Å². The van der Waals surface area contributed by atoms with Gasteiger partial charge in [-0.15, -0.1) is 0 Å². The molecule has 0 amide bonds. The highest BCUT2D eigenvalue weighted by molar-refractivity contribution is 5.71. The van der Waals surface area contributed by atoms with E-state index in [0.717, 1.165) is 79.1 Å². The Hall–Kier alpha value is -7.27. The molecule has 0 bridgehead atoms. The summed E-state index contributed by atoms with van der Waals surface area (Å²) < 4.78 is 0. The zero-order valence-corrected chi connectivity index (χ0v) is 33.3. The molecular weight excluding hydrogens is 767 g/mol. The highest BCUT2D eigenvalue weighted by atomic mass is 16.3. The summed E-state index contributed by atoms with van der Waals surface area (Å²) in [5.41, 5.74) is 22.1. The van der Waals surface area contributed by atoms with Crippen LogP contribution in [-0.2, 0) is 19.6 Å². The predicted octanol–water partition coefficient (Wildman–Crippen LogP) is 5.82. The second kappa shape index (κ2) is 17.9. The van der Waals surface area contributed by atoms with Gasteiger partial charge in [-0.2, -0.15) is 10.2 Å². The number of fused-ring (bicyclic) bond motifs is 1. The number of nitrogens with zero attached hydrogens (tertiary/aromatic N) is 9. The third-order valence-electron chi connectivity index (χ3n) is 11.0. The van der Waals surface area contributed by atoms with E-state index in [0.29, 0.717) is 58.2 Å². The van der Waals surface area contributed by atoms with Gasteiger partial charge in [0.05, 0.1) is 30.4 Å². The van der Waals surface area contributed by atoms with Gasteiger partial charge in [-0.1, -0.05) is 60.7 Å². The molecule has 306 valence electrons. The van der Waals surface area contributed by atoms with Gasteiger partial charge in [0.15, 0.2) is 34.9 Å². The number of nitrogens with one attached hydrogen (secondary N) is 4. The van der Waals surface area contributed by atoms with Gasteiger partial charge in [-0.05, 0) is 78.7 Å². The van der Waals surface area contributed by atoms with E-state index >= 15 is 0 Å². The molecule has 5 aromatic heterocycles. The van der Waals surface area contributed by atoms with Crippen LogP contribution >= 0.6 is 0 Å². The number of nitrogens with two attached hydrogens (primary N) is 2. The third-order valence-corrected chi connectivity index (χ3v) is 11.0. The maximum absolute atomic E-state index is 9.33. The van der Waals surface area contributed by atoms with E-state index < -0.39 is 0 Å². The van der Waals surface area contributed by atoms with E-state index in [2.05, 4.69) is 97.3 Å². The SMILES string of the molecule is Nc1ncc(-c2cccc(CN[C@H]3CCc4ccccc43)c2)nc1-c1nc(-c2ccncc2)n[nH]1.Nc1ncc(-c2cccc(CO)c2)nc1-c1nc([C@@H]2CCCNC2)n[nH]1. The van der Waals surface area contributed by atoms with Gasteiger partial charge in [0.2, 0.25) is 0 Å². The molecule has 10 rings (SSSR count). The number of nitrogen functional groups attached to an aromatic ring is 2. The van der Waals surface area contributed by atoms with E-state index in [-0.39, 0.29) is 6.61 Å². The van der Waals surface area contributed by atoms with Crippen molar-refractivity contribution >= 4 is 11.6 Å². The number of aliphatic hydroxyl groups is 1. The fraction of sp³-hybridized carbons (Fsp3) is 0.222. The lowest BCUT2D eigenvalue weighted by atomic mass is 9.99. The number of rotatable bonds is 10. The molecule has 9 N–H and O–H groups in total. The van der Waals surface area contributed by atoms with Crippen molar-refractivity contribution in [2.45, 2.75) is 50.8 Å². The lowest BCUT2D eigenvalue weighted by Gasteiger charge is -2.19. The first-order valence-corrected chi connectivity index (χ1v) is 20.3. The van der Waals surface area contributed by atoms with Crippen LogP contribution in [0.1, 0.15) is 59.3 Å². The zero-order valence-electron chi connectivity index (χ0n) is 33.3. The second-order valence-corrected chi connectivity index (χ2v) is 15.0. The highest BCUT2D eigenvalue weighted by Crippen LogP contribution is 2.32. The Labute approximate surface area is 351 Å². The zero-order chi connectivity index (χ0) is 41.5. The first-order valence-electron chi connectivity index (χ1n) is 20.3. The highest BCUT2D eigenvalue weighted by Gasteiger charge is 2.23. The smallest absolute Gasteiger partial charge is 0.181 e. The number of aryl methyl sites for hydroxylation is 1. The number of pyridine rings is 1. The number of hydrogen-bond acceptors (Lipinski definition) is 14. The van der Waals surface area contributed by atoms with Gasteiger partial charge in [-0.3, -0.25) is 15.2 Å². The molecule has 1 aliphatic heterocycles. The van der Waals surface area contributed by atoms with Gasteiger partial charge < -0.3 is 27.2 Å². The van der Waals surface area contributed by atoms with Crippen LogP contribution in [0.3, 0.4) is 0 Å². The summed E-state index contributed by atoms with van der Waals surface area (Å²) in [6, 6.07) is 28.6. The lowest BCUT2D eigenvalue weighted by molar-refractivity contribution is 0.282. The average Bonchev–Trinajstić information content (AvgIpc) is 4.11. The number of benzene rings is 3. The van der Waals surface area contributed by atoms with Crippen LogP contribution in [0.25, 0.3) is 56.9 Å². The molecule has 1 aliphatic carbocycles. The third kappa shape index (κ3) is 8.86. The molecule has 1 saturated heterocycles. The van der Waals surface area contributed by atoms with Crippen LogP contribution in [0.2, 0.25) is 0 Å². The molecule has 1 fully saturated rings. The minimum atomic E-state index is -0.0238. The van der Waals surface area contributed by atoms with Crippen molar-refractivity contribution in [3.05, 3.63) is 138 Å². The Bertz CT molecular complexity index is 2750. The van der Waals surface area contributed by atoms with Crippen molar-refractivity contribution in [2.24, 2.45) is 0 Å². The van der Waals surface area contributed by atoms with Crippen LogP contribution in [0.4, 0.5) is 11.6 Å². The molecular formula is C45H45N15O. The predicted molar refractivity (Wildman–Crippen MR) is 233 cm³/mol. The summed E-state index contributed by atoms with van der Waals surface area (Å²) in [4.78, 5) is 31.3. The number of aromatic nitrogens is 11. The van der Waals surface area contributed by atoms with Crippen molar-refractivity contribution in [2.75, 3.05) is 24.6 Å². The Morgan fingerprint density at radius 1 is 0.705 bits per heavy atom. The van der Waals surface area contributed by atoms with E-state index in [1.807, 2.05) is 48.5 Å². The maximum atomic E-state index is 9.33. The Balaban J connectivity index is 0.000000163. The molecule has 2 atom stereocenters. The molecule has 0 radical (unpaired) electrons. The molecule has 0 saturated carbocycles. The summed E-state index contributed by atoms with van der Waals surface area (Å²) in [5.74, 6) is 3.22. The molecule has 16 heteroatoms. The minimum Gasteiger partial charge on any atom is -0.392 e. The van der Waals surface area contributed by atoms with Gasteiger partial charge in [-0.25, -0.2) is 29.9 Å². The average molecular weight is 812 g/mol. The fourth-order valence-corrected chi connectivity index (χ4v) is 7.74. The second-order valence-electron chi connectivity index (χ2n) is 15.0. The van der Waals surface area contributed by atoms with Crippen molar-refractivity contribution in [1.29, 1.82) is 0 Å². The van der Waals surface area contributed by atoms with E-state index in [9.17, 15) is 5.11 Å². The van der Waals surface area contributed by atoms with Gasteiger partial charge in [0.1, 0.15) is 11.4 Å². The molecule has 2 aliphatic rings. The van der Waals surface area contributed by atoms with Gasteiger partial charge in [0, 0.05) is 54.1 Å². The molecule has 6 heterocycles. The molecule has 61 heavy (non-hydrogen) atoms. The number of aliphatic hydroxyl groups excluding tert-OH is 1. The van der Waals surface area contributed by atoms with Crippen LogP contribution < -0.4 is 22.1 Å². The Kier molecular flexibility index (Phi) is 11.5. The topological polar surface area (TPSA) is 244 Å². The van der Waals surface area contributed by atoms with Crippen molar-refractivity contribution in [1.82, 2.24) is 65.9 Å². The summed E-state index contributed by atoms with van der Waals surface area (Å²) >= 11 is 0. The van der Waals surface area contributed by atoms with Crippen molar-refractivity contribution in [3.8, 4) is 56.9 Å². The van der Waals surface area contributed by atoms with Crippen molar-refractivity contribution in [3.63, 3.8) is 0 Å². The monoisotopic (exact) mass is 811 g/mol. The van der Waals surface area contributed by atoms with Crippen LogP contribution in [-0.4, -0.2) is 73.5 Å². The van der Waals surface area contributed by atoms with Crippen LogP contribution in [0.15, 0.2) is 110 Å². The number of H-pyrrole nitrogens is 2. The Morgan fingerprint density at radius 2 is 1.39 bits per heavy atom. The van der Waals surface area contributed by atoms with Gasteiger partial charge in [0.25, 0.3) is 0 Å². The number of anilines is 2. The summed E-state index contributed by atoms with van der Waals surface area (Å²) in [6.45, 7) is 2.68. The van der Waals surface area contributed by atoms with E-state index in [1.54, 1.807) is 24.8 Å². The van der Waals surface area contributed by atoms with Gasteiger partial charge >= 0.3 is 0 Å². The molecule has 16 nitrogen and oxygen atoms in total. The number of hydrogen-bond donors (Lipinski definition) is 7. The first-order chi connectivity index (χ1) is 30.0. The summed E-state index contributed by atoms with van der Waals surface area (Å²) in [5, 5.41) is 31.0. The summed E-state index contributed by atoms with van der Waals surface area (Å²) in [6.07, 6.45) is 11.2. The number of aromatic amines is 2. The van der Waals surface area contributed by atoms with E-state index in [4.69, 9.17) is 16.5 Å². The van der Waals surface area contributed by atoms with Crippen LogP contribution in [0.5, 0.6) is 0 Å². The Morgan fingerprint density at radius 3 is 2.11 bits per heavy atom. The molecule has 3 aromatic carbocycles. The summed E-state index contributed by atoms with van der Waals surface area (Å²) in [7, 11) is 0. The quantitative estimate of drug-likeness (QED) is 0.0861. The fourth-order valence-electron chi connectivity index (χ4n) is 7.74. The normalized spacial score (nSPS) is 15.8. The first kappa shape index (κ1) is 39.2. The largest absolute Gasteiger partial charge is 0.392 e. The lowest BCUT2D eigenvalue weighted by Crippen LogP contribution is -2.28. The molecule has 0 unspecified atom stereocenters. The molecule has 8 aromatic rings.